The molecule has 1 aliphatic carbocycles. The van der Waals surface area contributed by atoms with E-state index in [0.29, 0.717) is 18.3 Å². The molecule has 1 saturated carbocycles. The molecule has 2 aromatic rings. The molecule has 1 atom stereocenters. The second-order valence-electron chi connectivity index (χ2n) is 7.55. The van der Waals surface area contributed by atoms with Gasteiger partial charge in [0.15, 0.2) is 0 Å². The summed E-state index contributed by atoms with van der Waals surface area (Å²) in [6.45, 7) is 2.43. The van der Waals surface area contributed by atoms with Crippen LogP contribution in [0.3, 0.4) is 0 Å². The van der Waals surface area contributed by atoms with Crippen LogP contribution in [0.2, 0.25) is 0 Å². The predicted octanol–water partition coefficient (Wildman–Crippen LogP) is 3.80. The largest absolute Gasteiger partial charge is 0.494 e. The molecule has 30 heavy (non-hydrogen) atoms. The highest BCUT2D eigenvalue weighted by atomic mass is 32.2. The molecule has 0 radical (unpaired) electrons. The van der Waals surface area contributed by atoms with E-state index in [0.717, 1.165) is 18.4 Å². The lowest BCUT2D eigenvalue weighted by atomic mass is 9.91. The summed E-state index contributed by atoms with van der Waals surface area (Å²) < 4.78 is 32.7. The lowest BCUT2D eigenvalue weighted by Crippen LogP contribution is -2.35. The van der Waals surface area contributed by atoms with E-state index in [1.165, 1.54) is 25.0 Å². The average molecular weight is 431 g/mol. The number of amides is 1. The third kappa shape index (κ3) is 6.06. The van der Waals surface area contributed by atoms with Crippen molar-refractivity contribution in [2.45, 2.75) is 50.0 Å². The first kappa shape index (κ1) is 22.3. The maximum absolute atomic E-state index is 12.6. The molecule has 1 amide bonds. The molecule has 0 spiro atoms. The molecule has 162 valence electrons. The van der Waals surface area contributed by atoms with Crippen molar-refractivity contribution < 1.29 is 17.9 Å². The Bertz CT molecular complexity index is 908. The van der Waals surface area contributed by atoms with E-state index in [1.54, 1.807) is 12.1 Å². The summed E-state index contributed by atoms with van der Waals surface area (Å²) >= 11 is 0. The number of ether oxygens (including phenoxy) is 1. The van der Waals surface area contributed by atoms with Crippen molar-refractivity contribution >= 4 is 15.9 Å². The molecule has 1 fully saturated rings. The number of benzene rings is 2. The van der Waals surface area contributed by atoms with E-state index in [1.807, 2.05) is 37.3 Å². The standard InChI is InChI=1S/C23H30N2O4S/c1-2-29-20-12-14-21(15-13-20)30(27,28)24-17-16-22(26)25-23(19-10-6-7-11-19)18-8-4-3-5-9-18/h3-5,8-9,12-15,19,23-24H,2,6-7,10-11,16-17H2,1H3,(H,25,26). The van der Waals surface area contributed by atoms with Gasteiger partial charge in [0.1, 0.15) is 5.75 Å². The summed E-state index contributed by atoms with van der Waals surface area (Å²) in [6, 6.07) is 16.2. The molecule has 0 bridgehead atoms. The van der Waals surface area contributed by atoms with Gasteiger partial charge in [0.25, 0.3) is 0 Å². The molecule has 6 nitrogen and oxygen atoms in total. The molecule has 2 aromatic carbocycles. The van der Waals surface area contributed by atoms with Gasteiger partial charge in [0.05, 0.1) is 17.5 Å². The Kier molecular flexibility index (Phi) is 7.87. The fraction of sp³-hybridized carbons (Fsp3) is 0.435. The smallest absolute Gasteiger partial charge is 0.240 e. The van der Waals surface area contributed by atoms with Crippen molar-refractivity contribution in [3.8, 4) is 5.75 Å². The lowest BCUT2D eigenvalue weighted by Gasteiger charge is -2.25. The minimum atomic E-state index is -3.67. The number of hydrogen-bond acceptors (Lipinski definition) is 4. The zero-order valence-electron chi connectivity index (χ0n) is 17.3. The monoisotopic (exact) mass is 430 g/mol. The molecular weight excluding hydrogens is 400 g/mol. The van der Waals surface area contributed by atoms with Crippen LogP contribution in [0.25, 0.3) is 0 Å². The fourth-order valence-electron chi connectivity index (χ4n) is 3.93. The lowest BCUT2D eigenvalue weighted by molar-refractivity contribution is -0.122. The van der Waals surface area contributed by atoms with Crippen molar-refractivity contribution in [1.29, 1.82) is 0 Å². The summed E-state index contributed by atoms with van der Waals surface area (Å²) in [5.74, 6) is 0.900. The van der Waals surface area contributed by atoms with Crippen molar-refractivity contribution in [3.63, 3.8) is 0 Å². The van der Waals surface area contributed by atoms with Gasteiger partial charge in [-0.15, -0.1) is 0 Å². The van der Waals surface area contributed by atoms with Gasteiger partial charge in [-0.25, -0.2) is 13.1 Å². The Morgan fingerprint density at radius 3 is 2.37 bits per heavy atom. The van der Waals surface area contributed by atoms with Crippen LogP contribution in [-0.4, -0.2) is 27.5 Å². The molecule has 0 aliphatic heterocycles. The molecule has 0 aromatic heterocycles. The van der Waals surface area contributed by atoms with Gasteiger partial charge in [-0.3, -0.25) is 4.79 Å². The van der Waals surface area contributed by atoms with Gasteiger partial charge in [-0.2, -0.15) is 0 Å². The zero-order chi connectivity index (χ0) is 21.4. The highest BCUT2D eigenvalue weighted by Crippen LogP contribution is 2.35. The highest BCUT2D eigenvalue weighted by Gasteiger charge is 2.27. The molecule has 2 N–H and O–H groups in total. The third-order valence-corrected chi connectivity index (χ3v) is 6.91. The van der Waals surface area contributed by atoms with Crippen molar-refractivity contribution in [2.24, 2.45) is 5.92 Å². The van der Waals surface area contributed by atoms with E-state index in [9.17, 15) is 13.2 Å². The summed E-state index contributed by atoms with van der Waals surface area (Å²) in [5, 5.41) is 3.13. The molecule has 3 rings (SSSR count). The molecule has 0 saturated heterocycles. The maximum Gasteiger partial charge on any atom is 0.240 e. The minimum Gasteiger partial charge on any atom is -0.494 e. The molecule has 1 unspecified atom stereocenters. The molecular formula is C23H30N2O4S. The van der Waals surface area contributed by atoms with Gasteiger partial charge in [-0.1, -0.05) is 43.2 Å². The van der Waals surface area contributed by atoms with Gasteiger partial charge in [-0.05, 0) is 55.5 Å². The first-order valence-electron chi connectivity index (χ1n) is 10.6. The van der Waals surface area contributed by atoms with E-state index in [4.69, 9.17) is 4.74 Å². The van der Waals surface area contributed by atoms with E-state index >= 15 is 0 Å². The quantitative estimate of drug-likeness (QED) is 0.600. The minimum absolute atomic E-state index is 0.0242. The Morgan fingerprint density at radius 2 is 1.73 bits per heavy atom. The number of rotatable bonds is 10. The summed E-state index contributed by atoms with van der Waals surface area (Å²) in [7, 11) is -3.67. The van der Waals surface area contributed by atoms with Gasteiger partial charge >= 0.3 is 0 Å². The van der Waals surface area contributed by atoms with Crippen molar-refractivity contribution in [3.05, 3.63) is 60.2 Å². The van der Waals surface area contributed by atoms with Crippen LogP contribution in [0.5, 0.6) is 5.75 Å². The first-order chi connectivity index (χ1) is 14.5. The second kappa shape index (κ2) is 10.6. The van der Waals surface area contributed by atoms with E-state index in [-0.39, 0.29) is 29.8 Å². The van der Waals surface area contributed by atoms with Crippen LogP contribution in [0.15, 0.2) is 59.5 Å². The normalized spacial score (nSPS) is 15.6. The number of nitrogens with one attached hydrogen (secondary N) is 2. The first-order valence-corrected chi connectivity index (χ1v) is 12.0. The maximum atomic E-state index is 12.6. The molecule has 0 heterocycles. The third-order valence-electron chi connectivity index (χ3n) is 5.44. The Labute approximate surface area is 179 Å². The zero-order valence-corrected chi connectivity index (χ0v) is 18.2. The van der Waals surface area contributed by atoms with Crippen LogP contribution in [0.1, 0.15) is 50.6 Å². The highest BCUT2D eigenvalue weighted by molar-refractivity contribution is 7.89. The van der Waals surface area contributed by atoms with Crippen LogP contribution < -0.4 is 14.8 Å². The van der Waals surface area contributed by atoms with Crippen LogP contribution >= 0.6 is 0 Å². The van der Waals surface area contributed by atoms with Crippen LogP contribution in [0.4, 0.5) is 0 Å². The molecule has 7 heteroatoms. The number of sulfonamides is 1. The van der Waals surface area contributed by atoms with Crippen LogP contribution in [0, 0.1) is 5.92 Å². The Hall–Kier alpha value is -2.38. The van der Waals surface area contributed by atoms with Crippen LogP contribution in [-0.2, 0) is 14.8 Å². The van der Waals surface area contributed by atoms with Crippen molar-refractivity contribution in [1.82, 2.24) is 10.0 Å². The van der Waals surface area contributed by atoms with E-state index < -0.39 is 10.0 Å². The number of hydrogen-bond donors (Lipinski definition) is 2. The SMILES string of the molecule is CCOc1ccc(S(=O)(=O)NCCC(=O)NC(c2ccccc2)C2CCCC2)cc1. The predicted molar refractivity (Wildman–Crippen MR) is 117 cm³/mol. The number of carbonyl (C=O) groups is 1. The summed E-state index contributed by atoms with van der Waals surface area (Å²) in [6.07, 6.45) is 4.66. The topological polar surface area (TPSA) is 84.5 Å². The summed E-state index contributed by atoms with van der Waals surface area (Å²) in [4.78, 5) is 12.7. The number of carbonyl (C=O) groups excluding carboxylic acids is 1. The second-order valence-corrected chi connectivity index (χ2v) is 9.32. The summed E-state index contributed by atoms with van der Waals surface area (Å²) in [5.41, 5.74) is 1.10. The van der Waals surface area contributed by atoms with Crippen molar-refractivity contribution in [2.75, 3.05) is 13.2 Å². The van der Waals surface area contributed by atoms with Gasteiger partial charge in [0.2, 0.25) is 15.9 Å². The van der Waals surface area contributed by atoms with E-state index in [2.05, 4.69) is 10.0 Å². The van der Waals surface area contributed by atoms with Gasteiger partial charge < -0.3 is 10.1 Å². The van der Waals surface area contributed by atoms with Gasteiger partial charge in [0, 0.05) is 13.0 Å². The fourth-order valence-corrected chi connectivity index (χ4v) is 4.97. The Balaban J connectivity index is 1.55. The Morgan fingerprint density at radius 1 is 1.07 bits per heavy atom. The average Bonchev–Trinajstić information content (AvgIpc) is 3.28. The molecule has 1 aliphatic rings.